The molecule has 0 aromatic rings. The molecule has 2 atom stereocenters. The van der Waals surface area contributed by atoms with Crippen molar-refractivity contribution in [2.45, 2.75) is 64.0 Å². The Labute approximate surface area is 100 Å². The predicted molar refractivity (Wildman–Crippen MR) is 68.6 cm³/mol. The van der Waals surface area contributed by atoms with Crippen LogP contribution in [-0.4, -0.2) is 31.8 Å². The summed E-state index contributed by atoms with van der Waals surface area (Å²) in [6.45, 7) is 5.08. The minimum absolute atomic E-state index is 0.423. The van der Waals surface area contributed by atoms with Crippen LogP contribution >= 0.6 is 0 Å². The predicted octanol–water partition coefficient (Wildman–Crippen LogP) is 2.05. The van der Waals surface area contributed by atoms with Gasteiger partial charge >= 0.3 is 0 Å². The molecule has 1 aliphatic rings. The van der Waals surface area contributed by atoms with Gasteiger partial charge in [-0.1, -0.05) is 19.8 Å². The van der Waals surface area contributed by atoms with E-state index in [-0.39, 0.29) is 0 Å². The van der Waals surface area contributed by atoms with Crippen molar-refractivity contribution in [1.29, 1.82) is 0 Å². The van der Waals surface area contributed by atoms with E-state index in [9.17, 15) is 0 Å². The molecule has 1 fully saturated rings. The third kappa shape index (κ3) is 6.46. The van der Waals surface area contributed by atoms with Gasteiger partial charge in [0.05, 0.1) is 0 Å². The van der Waals surface area contributed by atoms with Crippen molar-refractivity contribution < 1.29 is 4.74 Å². The van der Waals surface area contributed by atoms with Gasteiger partial charge in [-0.05, 0) is 38.6 Å². The number of hydrogen-bond acceptors (Lipinski definition) is 3. The molecule has 0 aromatic carbocycles. The molecular weight excluding hydrogens is 200 g/mol. The average Bonchev–Trinajstić information content (AvgIpc) is 2.28. The van der Waals surface area contributed by atoms with E-state index in [0.717, 1.165) is 32.6 Å². The van der Waals surface area contributed by atoms with Crippen LogP contribution in [0, 0.1) is 0 Å². The molecule has 0 spiro atoms. The summed E-state index contributed by atoms with van der Waals surface area (Å²) in [5.74, 6) is 0. The first-order valence-electron chi connectivity index (χ1n) is 6.89. The zero-order valence-electron chi connectivity index (χ0n) is 10.7. The third-order valence-corrected chi connectivity index (χ3v) is 3.26. The smallest absolute Gasteiger partial charge is 0.0478 e. The quantitative estimate of drug-likeness (QED) is 0.625. The van der Waals surface area contributed by atoms with E-state index in [0.29, 0.717) is 12.1 Å². The minimum Gasteiger partial charge on any atom is -0.381 e. The molecule has 1 rings (SSSR count). The van der Waals surface area contributed by atoms with Gasteiger partial charge in [-0.25, -0.2) is 0 Å². The van der Waals surface area contributed by atoms with Crippen LogP contribution in [0.25, 0.3) is 0 Å². The van der Waals surface area contributed by atoms with Gasteiger partial charge in [0.2, 0.25) is 0 Å². The normalized spacial score (nSPS) is 25.9. The number of nitrogens with one attached hydrogen (secondary N) is 1. The molecule has 3 N–H and O–H groups in total. The van der Waals surface area contributed by atoms with Crippen molar-refractivity contribution in [3.63, 3.8) is 0 Å². The molecule has 2 unspecified atom stereocenters. The van der Waals surface area contributed by atoms with Crippen LogP contribution in [0.2, 0.25) is 0 Å². The number of unbranched alkanes of at least 4 members (excludes halogenated alkanes) is 1. The lowest BCUT2D eigenvalue weighted by molar-refractivity contribution is 0.127. The van der Waals surface area contributed by atoms with Crippen LogP contribution in [0.1, 0.15) is 51.9 Å². The van der Waals surface area contributed by atoms with Crippen molar-refractivity contribution >= 4 is 0 Å². The van der Waals surface area contributed by atoms with Crippen LogP contribution in [-0.2, 0) is 4.74 Å². The standard InChI is InChI=1S/C13H28N2O/c1-2-3-9-16-10-5-8-15-13-7-4-6-12(14)11-13/h12-13,15H,2-11,14H2,1H3. The van der Waals surface area contributed by atoms with Crippen LogP contribution in [0.3, 0.4) is 0 Å². The monoisotopic (exact) mass is 228 g/mol. The van der Waals surface area contributed by atoms with Gasteiger partial charge in [0.25, 0.3) is 0 Å². The van der Waals surface area contributed by atoms with Crippen LogP contribution < -0.4 is 11.1 Å². The summed E-state index contributed by atoms with van der Waals surface area (Å²) < 4.78 is 5.52. The third-order valence-electron chi connectivity index (χ3n) is 3.26. The van der Waals surface area contributed by atoms with E-state index >= 15 is 0 Å². The summed E-state index contributed by atoms with van der Waals surface area (Å²) in [7, 11) is 0. The molecule has 96 valence electrons. The van der Waals surface area contributed by atoms with E-state index < -0.39 is 0 Å². The number of ether oxygens (including phenoxy) is 1. The summed E-state index contributed by atoms with van der Waals surface area (Å²) in [5, 5.41) is 3.58. The second-order valence-corrected chi connectivity index (χ2v) is 4.90. The summed E-state index contributed by atoms with van der Waals surface area (Å²) >= 11 is 0. The van der Waals surface area contributed by atoms with Gasteiger partial charge in [-0.2, -0.15) is 0 Å². The zero-order chi connectivity index (χ0) is 11.6. The van der Waals surface area contributed by atoms with E-state index in [1.54, 1.807) is 0 Å². The molecule has 0 bridgehead atoms. The fourth-order valence-electron chi connectivity index (χ4n) is 2.24. The number of rotatable bonds is 8. The highest BCUT2D eigenvalue weighted by Crippen LogP contribution is 2.16. The Bertz CT molecular complexity index is 164. The Morgan fingerprint density at radius 1 is 1.25 bits per heavy atom. The molecule has 0 aliphatic heterocycles. The Morgan fingerprint density at radius 2 is 2.06 bits per heavy atom. The van der Waals surface area contributed by atoms with Crippen molar-refractivity contribution in [2.24, 2.45) is 5.73 Å². The highest BCUT2D eigenvalue weighted by Gasteiger charge is 2.17. The topological polar surface area (TPSA) is 47.3 Å². The second kappa shape index (κ2) is 8.97. The van der Waals surface area contributed by atoms with E-state index in [4.69, 9.17) is 10.5 Å². The molecule has 16 heavy (non-hydrogen) atoms. The Morgan fingerprint density at radius 3 is 2.81 bits per heavy atom. The Hall–Kier alpha value is -0.120. The van der Waals surface area contributed by atoms with E-state index in [1.807, 2.05) is 0 Å². The van der Waals surface area contributed by atoms with Crippen LogP contribution in [0.5, 0.6) is 0 Å². The van der Waals surface area contributed by atoms with Crippen LogP contribution in [0.4, 0.5) is 0 Å². The van der Waals surface area contributed by atoms with Crippen LogP contribution in [0.15, 0.2) is 0 Å². The maximum Gasteiger partial charge on any atom is 0.0478 e. The molecule has 0 amide bonds. The number of nitrogens with two attached hydrogens (primary N) is 1. The summed E-state index contributed by atoms with van der Waals surface area (Å²) in [5.41, 5.74) is 5.95. The van der Waals surface area contributed by atoms with Gasteiger partial charge in [0, 0.05) is 25.3 Å². The van der Waals surface area contributed by atoms with Crippen molar-refractivity contribution in [1.82, 2.24) is 5.32 Å². The summed E-state index contributed by atoms with van der Waals surface area (Å²) in [6, 6.07) is 1.08. The second-order valence-electron chi connectivity index (χ2n) is 4.90. The van der Waals surface area contributed by atoms with Gasteiger partial charge < -0.3 is 15.8 Å². The maximum absolute atomic E-state index is 5.95. The fraction of sp³-hybridized carbons (Fsp3) is 1.00. The first kappa shape index (κ1) is 13.9. The van der Waals surface area contributed by atoms with Gasteiger partial charge in [0.1, 0.15) is 0 Å². The summed E-state index contributed by atoms with van der Waals surface area (Å²) in [6.07, 6.45) is 8.46. The first-order valence-corrected chi connectivity index (χ1v) is 6.89. The van der Waals surface area contributed by atoms with Gasteiger partial charge in [-0.3, -0.25) is 0 Å². The molecule has 3 nitrogen and oxygen atoms in total. The van der Waals surface area contributed by atoms with Crippen molar-refractivity contribution in [3.8, 4) is 0 Å². The molecule has 1 saturated carbocycles. The molecule has 3 heteroatoms. The van der Waals surface area contributed by atoms with E-state index in [2.05, 4.69) is 12.2 Å². The molecular formula is C13H28N2O. The Kier molecular flexibility index (Phi) is 7.81. The molecule has 0 radical (unpaired) electrons. The number of hydrogen-bond donors (Lipinski definition) is 2. The van der Waals surface area contributed by atoms with Crippen molar-refractivity contribution in [3.05, 3.63) is 0 Å². The fourth-order valence-corrected chi connectivity index (χ4v) is 2.24. The molecule has 0 saturated heterocycles. The zero-order valence-corrected chi connectivity index (χ0v) is 10.7. The van der Waals surface area contributed by atoms with E-state index in [1.165, 1.54) is 32.1 Å². The lowest BCUT2D eigenvalue weighted by atomic mass is 9.91. The van der Waals surface area contributed by atoms with Gasteiger partial charge in [0.15, 0.2) is 0 Å². The van der Waals surface area contributed by atoms with Crippen molar-refractivity contribution in [2.75, 3.05) is 19.8 Å². The lowest BCUT2D eigenvalue weighted by Gasteiger charge is -2.27. The summed E-state index contributed by atoms with van der Waals surface area (Å²) in [4.78, 5) is 0. The van der Waals surface area contributed by atoms with Gasteiger partial charge in [-0.15, -0.1) is 0 Å². The molecule has 0 heterocycles. The SMILES string of the molecule is CCCCOCCCNC1CCCC(N)C1. The lowest BCUT2D eigenvalue weighted by Crippen LogP contribution is -2.39. The highest BCUT2D eigenvalue weighted by atomic mass is 16.5. The highest BCUT2D eigenvalue weighted by molar-refractivity contribution is 4.79. The average molecular weight is 228 g/mol. The molecule has 1 aliphatic carbocycles. The first-order chi connectivity index (χ1) is 7.83. The maximum atomic E-state index is 5.95. The largest absolute Gasteiger partial charge is 0.381 e. The molecule has 0 aromatic heterocycles. The minimum atomic E-state index is 0.423. The Balaban J connectivity index is 1.86.